The molecule has 18 heavy (non-hydrogen) atoms. The molecule has 0 saturated carbocycles. The second-order valence-corrected chi connectivity index (χ2v) is 5.24. The lowest BCUT2D eigenvalue weighted by atomic mass is 10.4. The number of carboxylic acids is 2. The molecule has 10 nitrogen and oxygen atoms in total. The first-order valence-electron chi connectivity index (χ1n) is 4.31. The van der Waals surface area contributed by atoms with Gasteiger partial charge in [-0.25, -0.2) is 0 Å². The molecular weight excluding hydrogens is 284 g/mol. The first-order valence-corrected chi connectivity index (χ1v) is 6.80. The fourth-order valence-corrected chi connectivity index (χ4v) is 2.88. The quantitative estimate of drug-likeness (QED) is 0.216. The van der Waals surface area contributed by atoms with Crippen LogP contribution in [0.25, 0.3) is 20.9 Å². The largest absolute Gasteiger partial charge is 0.481 e. The van der Waals surface area contributed by atoms with E-state index >= 15 is 0 Å². The van der Waals surface area contributed by atoms with E-state index in [1.54, 1.807) is 0 Å². The Balaban J connectivity index is 4.10. The van der Waals surface area contributed by atoms with Crippen LogP contribution in [0, 0.1) is 0 Å². The molecule has 0 aromatic heterocycles. The smallest absolute Gasteiger partial charge is 0.313 e. The van der Waals surface area contributed by atoms with E-state index < -0.39 is 24.0 Å². The van der Waals surface area contributed by atoms with Crippen LogP contribution >= 0.6 is 21.6 Å². The zero-order valence-corrected chi connectivity index (χ0v) is 10.4. The summed E-state index contributed by atoms with van der Waals surface area (Å²) in [7, 11) is 2.05. The van der Waals surface area contributed by atoms with E-state index in [2.05, 4.69) is 20.1 Å². The fraction of sp³-hybridized carbons (Fsp3) is 0.667. The molecule has 0 radical (unpaired) electrons. The summed E-state index contributed by atoms with van der Waals surface area (Å²) in [6, 6.07) is -2.43. The minimum absolute atomic E-state index is 0.00727. The van der Waals surface area contributed by atoms with Crippen LogP contribution in [0.3, 0.4) is 0 Å². The van der Waals surface area contributed by atoms with Crippen LogP contribution in [-0.2, 0) is 9.59 Å². The van der Waals surface area contributed by atoms with Crippen LogP contribution in [0.4, 0.5) is 0 Å². The van der Waals surface area contributed by atoms with E-state index in [-0.39, 0.29) is 11.5 Å². The lowest BCUT2D eigenvalue weighted by molar-refractivity contribution is -0.138. The van der Waals surface area contributed by atoms with Gasteiger partial charge in [0.2, 0.25) is 0 Å². The molecule has 0 rings (SSSR count). The van der Waals surface area contributed by atoms with Crippen molar-refractivity contribution in [3.8, 4) is 0 Å². The summed E-state index contributed by atoms with van der Waals surface area (Å²) in [5.41, 5.74) is 16.2. The number of hydrogen-bond acceptors (Lipinski definition) is 6. The molecule has 0 aliphatic carbocycles. The van der Waals surface area contributed by atoms with Crippen LogP contribution in [0.15, 0.2) is 10.2 Å². The number of aliphatic carboxylic acids is 2. The Bertz CT molecular complexity index is 363. The molecule has 0 aromatic rings. The van der Waals surface area contributed by atoms with Gasteiger partial charge in [-0.05, 0) is 11.1 Å². The molecule has 0 aliphatic heterocycles. The summed E-state index contributed by atoms with van der Waals surface area (Å²) in [6.45, 7) is 0. The number of nitrogens with zero attached hydrogens (tertiary/aromatic N) is 6. The molecule has 0 bridgehead atoms. The van der Waals surface area contributed by atoms with Crippen molar-refractivity contribution in [3.63, 3.8) is 0 Å². The second-order valence-electron chi connectivity index (χ2n) is 2.69. The minimum Gasteiger partial charge on any atom is -0.481 e. The summed E-state index contributed by atoms with van der Waals surface area (Å²) in [4.78, 5) is 25.9. The van der Waals surface area contributed by atoms with Crippen molar-refractivity contribution in [2.24, 2.45) is 10.2 Å². The van der Waals surface area contributed by atoms with Gasteiger partial charge in [0.15, 0.2) is 0 Å². The number of rotatable bonds is 9. The van der Waals surface area contributed by atoms with Crippen LogP contribution in [-0.4, -0.2) is 45.7 Å². The van der Waals surface area contributed by atoms with E-state index in [1.807, 2.05) is 0 Å². The molecule has 2 atom stereocenters. The van der Waals surface area contributed by atoms with Crippen molar-refractivity contribution in [2.45, 2.75) is 12.1 Å². The lowest BCUT2D eigenvalue weighted by Crippen LogP contribution is -2.21. The summed E-state index contributed by atoms with van der Waals surface area (Å²) < 4.78 is 0. The number of hydrogen-bond donors (Lipinski definition) is 2. The maximum absolute atomic E-state index is 10.6. The van der Waals surface area contributed by atoms with Gasteiger partial charge in [-0.1, -0.05) is 31.8 Å². The SMILES string of the molecule is [N-]=[N+]=N[C@@H](CSSC[C@H](N=[N+]=[N-])C(=O)O)C(=O)O. The summed E-state index contributed by atoms with van der Waals surface area (Å²) >= 11 is 0. The minimum atomic E-state index is -1.26. The zero-order chi connectivity index (χ0) is 14.0. The van der Waals surface area contributed by atoms with E-state index in [4.69, 9.17) is 21.3 Å². The van der Waals surface area contributed by atoms with Gasteiger partial charge < -0.3 is 10.2 Å². The van der Waals surface area contributed by atoms with Crippen molar-refractivity contribution in [1.82, 2.24) is 0 Å². The Kier molecular flexibility index (Phi) is 8.41. The maximum atomic E-state index is 10.6. The highest BCUT2D eigenvalue weighted by Crippen LogP contribution is 2.24. The average Bonchev–Trinajstić information content (AvgIpc) is 2.30. The fourth-order valence-electron chi connectivity index (χ4n) is 0.658. The van der Waals surface area contributed by atoms with Crippen molar-refractivity contribution in [2.75, 3.05) is 11.5 Å². The Labute approximate surface area is 108 Å². The van der Waals surface area contributed by atoms with Crippen molar-refractivity contribution in [3.05, 3.63) is 20.9 Å². The standard InChI is InChI=1S/C6H8N6O4S2/c7-11-9-3(5(13)14)1-17-18-2-4(6(15)16)10-12-8/h3-4H,1-2H2,(H,13,14)(H,15,16)/t3-,4-/m0/s1. The van der Waals surface area contributed by atoms with E-state index in [1.165, 1.54) is 0 Å². The molecule has 98 valence electrons. The van der Waals surface area contributed by atoms with Crippen molar-refractivity contribution in [1.29, 1.82) is 0 Å². The normalized spacial score (nSPS) is 12.7. The van der Waals surface area contributed by atoms with Gasteiger partial charge >= 0.3 is 11.9 Å². The topological polar surface area (TPSA) is 172 Å². The Hall–Kier alpha value is -1.74. The van der Waals surface area contributed by atoms with Gasteiger partial charge in [0, 0.05) is 21.3 Å². The van der Waals surface area contributed by atoms with Gasteiger partial charge in [0.1, 0.15) is 12.1 Å². The predicted molar refractivity (Wildman–Crippen MR) is 66.1 cm³/mol. The Morgan fingerprint density at radius 2 is 1.33 bits per heavy atom. The van der Waals surface area contributed by atoms with Gasteiger partial charge in [0.05, 0.1) is 0 Å². The third-order valence-corrected chi connectivity index (χ3v) is 3.87. The highest BCUT2D eigenvalue weighted by Gasteiger charge is 2.18. The third-order valence-electron chi connectivity index (χ3n) is 1.49. The molecule has 0 amide bonds. The van der Waals surface area contributed by atoms with E-state index in [9.17, 15) is 9.59 Å². The molecular formula is C6H8N6O4S2. The Morgan fingerprint density at radius 1 is 1.00 bits per heavy atom. The van der Waals surface area contributed by atoms with Gasteiger partial charge in [-0.3, -0.25) is 9.59 Å². The Morgan fingerprint density at radius 3 is 1.56 bits per heavy atom. The average molecular weight is 292 g/mol. The highest BCUT2D eigenvalue weighted by molar-refractivity contribution is 8.76. The first-order chi connectivity index (χ1) is 8.52. The van der Waals surface area contributed by atoms with Gasteiger partial charge in [0.25, 0.3) is 0 Å². The molecule has 2 N–H and O–H groups in total. The lowest BCUT2D eigenvalue weighted by Gasteiger charge is -2.06. The van der Waals surface area contributed by atoms with E-state index in [0.717, 1.165) is 21.6 Å². The maximum Gasteiger partial charge on any atom is 0.313 e. The van der Waals surface area contributed by atoms with Gasteiger partial charge in [-0.15, -0.1) is 0 Å². The van der Waals surface area contributed by atoms with E-state index in [0.29, 0.717) is 0 Å². The summed E-state index contributed by atoms with van der Waals surface area (Å²) in [5.74, 6) is -2.53. The molecule has 0 heterocycles. The van der Waals surface area contributed by atoms with Crippen molar-refractivity contribution < 1.29 is 19.8 Å². The predicted octanol–water partition coefficient (Wildman–Crippen LogP) is 1.89. The summed E-state index contributed by atoms with van der Waals surface area (Å²) in [6.07, 6.45) is 0. The van der Waals surface area contributed by atoms with Crippen LogP contribution < -0.4 is 0 Å². The van der Waals surface area contributed by atoms with Crippen LogP contribution in [0.5, 0.6) is 0 Å². The second kappa shape index (κ2) is 9.31. The molecule has 0 unspecified atom stereocenters. The monoisotopic (exact) mass is 292 g/mol. The van der Waals surface area contributed by atoms with Crippen molar-refractivity contribution >= 4 is 33.5 Å². The molecule has 0 spiro atoms. The number of azide groups is 2. The molecule has 0 aliphatic rings. The number of carboxylic acid groups (broad SMARTS) is 2. The number of carbonyl (C=O) groups is 2. The summed E-state index contributed by atoms with van der Waals surface area (Å²) in [5, 5.41) is 23.4. The first kappa shape index (κ1) is 16.3. The highest BCUT2D eigenvalue weighted by atomic mass is 33.1. The van der Waals surface area contributed by atoms with Gasteiger partial charge in [-0.2, -0.15) is 0 Å². The molecule has 0 fully saturated rings. The molecule has 0 saturated heterocycles. The van der Waals surface area contributed by atoms with Crippen LogP contribution in [0.2, 0.25) is 0 Å². The zero-order valence-electron chi connectivity index (χ0n) is 8.78. The van der Waals surface area contributed by atoms with Crippen LogP contribution in [0.1, 0.15) is 0 Å². The molecule has 0 aromatic carbocycles. The third kappa shape index (κ3) is 6.76. The molecule has 12 heteroatoms.